The molecule has 0 radical (unpaired) electrons. The summed E-state index contributed by atoms with van der Waals surface area (Å²) in [7, 11) is 0. The molecule has 3 rings (SSSR count). The molecule has 1 N–H and O–H groups in total. The highest BCUT2D eigenvalue weighted by atomic mass is 32.1. The van der Waals surface area contributed by atoms with E-state index in [-0.39, 0.29) is 35.8 Å². The van der Waals surface area contributed by atoms with Crippen LogP contribution in [0.5, 0.6) is 0 Å². The normalized spacial score (nSPS) is 12.6. The number of nitro benzene ring substituents is 1. The number of likely N-dealkylation sites (N-methyl/N-ethyl adjacent to an activating group) is 1. The quantitative estimate of drug-likeness (QED) is 0.383. The van der Waals surface area contributed by atoms with Crippen LogP contribution in [0.15, 0.2) is 35.7 Å². The van der Waals surface area contributed by atoms with E-state index in [1.54, 1.807) is 6.92 Å². The van der Waals surface area contributed by atoms with Gasteiger partial charge in [0, 0.05) is 23.6 Å². The Hall–Kier alpha value is -3.60. The zero-order chi connectivity index (χ0) is 21.8. The van der Waals surface area contributed by atoms with Crippen molar-refractivity contribution in [3.05, 3.63) is 61.8 Å². The number of imide groups is 1. The number of benzene rings is 1. The Bertz CT molecular complexity index is 1020. The SMILES string of the molecule is CCN(CC(=O)NCc1cccs1)C(=O)CN1C(=O)c2ccc([N+](=O)[O-])cc2C1=O. The van der Waals surface area contributed by atoms with Gasteiger partial charge in [-0.15, -0.1) is 11.3 Å². The Morgan fingerprint density at radius 1 is 1.20 bits per heavy atom. The number of rotatable bonds is 8. The molecule has 11 heteroatoms. The van der Waals surface area contributed by atoms with E-state index < -0.39 is 29.2 Å². The Balaban J connectivity index is 1.63. The molecule has 1 aliphatic heterocycles. The lowest BCUT2D eigenvalue weighted by atomic mass is 10.1. The summed E-state index contributed by atoms with van der Waals surface area (Å²) in [5.74, 6) is -2.41. The molecular weight excluding hydrogens is 412 g/mol. The number of fused-ring (bicyclic) bond motifs is 1. The van der Waals surface area contributed by atoms with Crippen molar-refractivity contribution in [3.63, 3.8) is 0 Å². The summed E-state index contributed by atoms with van der Waals surface area (Å²) in [4.78, 5) is 62.9. The summed E-state index contributed by atoms with van der Waals surface area (Å²) in [5.41, 5.74) is -0.422. The Morgan fingerprint density at radius 3 is 2.57 bits per heavy atom. The van der Waals surface area contributed by atoms with E-state index in [1.165, 1.54) is 22.3 Å². The van der Waals surface area contributed by atoms with Crippen molar-refractivity contribution in [3.8, 4) is 0 Å². The molecule has 0 saturated heterocycles. The Labute approximate surface area is 175 Å². The van der Waals surface area contributed by atoms with Gasteiger partial charge in [0.1, 0.15) is 6.54 Å². The van der Waals surface area contributed by atoms with Crippen LogP contribution in [0.2, 0.25) is 0 Å². The van der Waals surface area contributed by atoms with Crippen LogP contribution in [0.3, 0.4) is 0 Å². The standard InChI is InChI=1S/C19H18N4O6S/c1-2-21(10-16(24)20-9-13-4-3-7-30-13)17(25)11-22-18(26)14-6-5-12(23(28)29)8-15(14)19(22)27/h3-8H,2,9-11H2,1H3,(H,20,24). The van der Waals surface area contributed by atoms with Gasteiger partial charge in [0.15, 0.2) is 0 Å². The van der Waals surface area contributed by atoms with Gasteiger partial charge in [-0.2, -0.15) is 0 Å². The fourth-order valence-electron chi connectivity index (χ4n) is 2.98. The van der Waals surface area contributed by atoms with E-state index in [2.05, 4.69) is 5.32 Å². The summed E-state index contributed by atoms with van der Waals surface area (Å²) in [6, 6.07) is 7.10. The molecule has 10 nitrogen and oxygen atoms in total. The number of nitrogens with zero attached hydrogens (tertiary/aromatic N) is 3. The van der Waals surface area contributed by atoms with E-state index >= 15 is 0 Å². The fourth-order valence-corrected chi connectivity index (χ4v) is 3.62. The van der Waals surface area contributed by atoms with Crippen molar-refractivity contribution in [1.82, 2.24) is 15.1 Å². The van der Waals surface area contributed by atoms with Crippen LogP contribution in [0.25, 0.3) is 0 Å². The van der Waals surface area contributed by atoms with Gasteiger partial charge in [-0.1, -0.05) is 6.07 Å². The highest BCUT2D eigenvalue weighted by molar-refractivity contribution is 7.09. The maximum Gasteiger partial charge on any atom is 0.270 e. The van der Waals surface area contributed by atoms with E-state index in [0.717, 1.165) is 21.9 Å². The first-order chi connectivity index (χ1) is 14.3. The van der Waals surface area contributed by atoms with Gasteiger partial charge < -0.3 is 10.2 Å². The second kappa shape index (κ2) is 8.82. The van der Waals surface area contributed by atoms with Crippen LogP contribution < -0.4 is 5.32 Å². The predicted molar refractivity (Wildman–Crippen MR) is 107 cm³/mol. The number of nitro groups is 1. The van der Waals surface area contributed by atoms with Gasteiger partial charge in [0.25, 0.3) is 17.5 Å². The average molecular weight is 430 g/mol. The van der Waals surface area contributed by atoms with Crippen LogP contribution in [-0.2, 0) is 16.1 Å². The number of hydrogen-bond acceptors (Lipinski definition) is 7. The maximum absolute atomic E-state index is 12.6. The maximum atomic E-state index is 12.6. The first kappa shape index (κ1) is 21.1. The van der Waals surface area contributed by atoms with Crippen molar-refractivity contribution in [2.45, 2.75) is 13.5 Å². The van der Waals surface area contributed by atoms with E-state index in [9.17, 15) is 29.3 Å². The minimum absolute atomic E-state index is 0.00939. The van der Waals surface area contributed by atoms with Crippen molar-refractivity contribution in [2.75, 3.05) is 19.6 Å². The van der Waals surface area contributed by atoms with E-state index in [1.807, 2.05) is 17.5 Å². The summed E-state index contributed by atoms with van der Waals surface area (Å²) < 4.78 is 0. The van der Waals surface area contributed by atoms with Gasteiger partial charge >= 0.3 is 0 Å². The van der Waals surface area contributed by atoms with Gasteiger partial charge in [0.05, 0.1) is 29.1 Å². The van der Waals surface area contributed by atoms with Crippen LogP contribution in [0.1, 0.15) is 32.5 Å². The zero-order valence-corrected chi connectivity index (χ0v) is 16.8. The highest BCUT2D eigenvalue weighted by Crippen LogP contribution is 2.26. The molecule has 2 heterocycles. The Kier molecular flexibility index (Phi) is 6.21. The Morgan fingerprint density at radius 2 is 1.93 bits per heavy atom. The summed E-state index contributed by atoms with van der Waals surface area (Å²) >= 11 is 1.50. The first-order valence-electron chi connectivity index (χ1n) is 9.03. The van der Waals surface area contributed by atoms with E-state index in [0.29, 0.717) is 6.54 Å². The van der Waals surface area contributed by atoms with Gasteiger partial charge in [-0.3, -0.25) is 34.2 Å². The van der Waals surface area contributed by atoms with Crippen molar-refractivity contribution in [1.29, 1.82) is 0 Å². The molecule has 0 bridgehead atoms. The van der Waals surface area contributed by atoms with Crippen LogP contribution in [-0.4, -0.2) is 58.0 Å². The number of thiophene rings is 1. The number of nitrogens with one attached hydrogen (secondary N) is 1. The van der Waals surface area contributed by atoms with Gasteiger partial charge in [0.2, 0.25) is 11.8 Å². The van der Waals surface area contributed by atoms with E-state index in [4.69, 9.17) is 0 Å². The largest absolute Gasteiger partial charge is 0.350 e. The second-order valence-corrected chi connectivity index (χ2v) is 7.48. The summed E-state index contributed by atoms with van der Waals surface area (Å²) in [6.07, 6.45) is 0. The number of carbonyl (C=O) groups excluding carboxylic acids is 4. The molecule has 0 spiro atoms. The minimum Gasteiger partial charge on any atom is -0.350 e. The zero-order valence-electron chi connectivity index (χ0n) is 16.0. The smallest absolute Gasteiger partial charge is 0.270 e. The topological polar surface area (TPSA) is 130 Å². The van der Waals surface area contributed by atoms with Crippen LogP contribution >= 0.6 is 11.3 Å². The third kappa shape index (κ3) is 4.35. The predicted octanol–water partition coefficient (Wildman–Crippen LogP) is 1.42. The molecule has 1 aromatic heterocycles. The molecule has 2 aromatic rings. The molecule has 0 atom stereocenters. The van der Waals surface area contributed by atoms with Gasteiger partial charge in [-0.05, 0) is 24.4 Å². The number of carbonyl (C=O) groups is 4. The first-order valence-corrected chi connectivity index (χ1v) is 9.91. The van der Waals surface area contributed by atoms with Crippen molar-refractivity contribution in [2.24, 2.45) is 0 Å². The molecule has 0 aliphatic carbocycles. The molecule has 0 saturated carbocycles. The van der Waals surface area contributed by atoms with Gasteiger partial charge in [-0.25, -0.2) is 0 Å². The average Bonchev–Trinajstić information content (AvgIpc) is 3.33. The summed E-state index contributed by atoms with van der Waals surface area (Å²) in [5, 5.41) is 15.5. The highest BCUT2D eigenvalue weighted by Gasteiger charge is 2.38. The lowest BCUT2D eigenvalue weighted by Crippen LogP contribution is -2.46. The lowest BCUT2D eigenvalue weighted by molar-refractivity contribution is -0.384. The lowest BCUT2D eigenvalue weighted by Gasteiger charge is -2.23. The van der Waals surface area contributed by atoms with Crippen LogP contribution in [0, 0.1) is 10.1 Å². The number of non-ortho nitro benzene ring substituents is 1. The van der Waals surface area contributed by atoms with Crippen LogP contribution in [0.4, 0.5) is 5.69 Å². The minimum atomic E-state index is -0.773. The molecule has 30 heavy (non-hydrogen) atoms. The number of amides is 4. The third-order valence-corrected chi connectivity index (χ3v) is 5.44. The number of hydrogen-bond donors (Lipinski definition) is 1. The van der Waals surface area contributed by atoms with Crippen molar-refractivity contribution < 1.29 is 24.1 Å². The van der Waals surface area contributed by atoms with Crippen molar-refractivity contribution >= 4 is 40.7 Å². The molecular formula is C19H18N4O6S. The fraction of sp³-hybridized carbons (Fsp3) is 0.263. The molecule has 1 aliphatic rings. The molecule has 1 aromatic carbocycles. The molecule has 4 amide bonds. The summed E-state index contributed by atoms with van der Waals surface area (Å²) in [6.45, 7) is 1.47. The molecule has 0 unspecified atom stereocenters. The molecule has 0 fully saturated rings. The molecule has 156 valence electrons. The monoisotopic (exact) mass is 430 g/mol. The third-order valence-electron chi connectivity index (χ3n) is 4.57. The second-order valence-electron chi connectivity index (χ2n) is 6.45.